The maximum absolute atomic E-state index is 14.1. The van der Waals surface area contributed by atoms with Gasteiger partial charge in [0.05, 0.1) is 43.8 Å². The fourth-order valence-electron chi connectivity index (χ4n) is 6.27. The zero-order valence-electron chi connectivity index (χ0n) is 27.7. The quantitative estimate of drug-likeness (QED) is 0.193. The van der Waals surface area contributed by atoms with E-state index < -0.39 is 30.6 Å². The zero-order valence-corrected chi connectivity index (χ0v) is 27.7. The second-order valence-corrected chi connectivity index (χ2v) is 11.9. The van der Waals surface area contributed by atoms with Gasteiger partial charge in [-0.15, -0.1) is 0 Å². The third kappa shape index (κ3) is 7.76. The van der Waals surface area contributed by atoms with E-state index in [-0.39, 0.29) is 48.4 Å². The van der Waals surface area contributed by atoms with Gasteiger partial charge in [-0.1, -0.05) is 12.7 Å². The lowest BCUT2D eigenvalue weighted by molar-refractivity contribution is -0.198. The first-order valence-electron chi connectivity index (χ1n) is 16.3. The van der Waals surface area contributed by atoms with E-state index in [0.29, 0.717) is 49.5 Å². The number of methoxy groups -OCH3 is 2. The molecule has 1 aromatic carbocycles. The largest absolute Gasteiger partial charge is 0.493 e. The molecule has 3 atom stereocenters. The van der Waals surface area contributed by atoms with E-state index in [1.165, 1.54) is 31.3 Å². The van der Waals surface area contributed by atoms with Crippen molar-refractivity contribution in [2.24, 2.45) is 7.05 Å². The van der Waals surface area contributed by atoms with Gasteiger partial charge < -0.3 is 43.2 Å². The topological polar surface area (TPSA) is 147 Å². The molecule has 3 amide bonds. The Morgan fingerprint density at radius 1 is 1.08 bits per heavy atom. The van der Waals surface area contributed by atoms with Crippen LogP contribution in [0, 0.1) is 0 Å². The van der Waals surface area contributed by atoms with Crippen molar-refractivity contribution in [3.8, 4) is 11.5 Å². The number of carbonyl (C=O) groups is 4. The number of anilines is 2. The molecular formula is C34H44N4O10. The van der Waals surface area contributed by atoms with Gasteiger partial charge in [0, 0.05) is 38.9 Å². The van der Waals surface area contributed by atoms with Gasteiger partial charge in [-0.2, -0.15) is 0 Å². The number of rotatable bonds is 12. The molecular weight excluding hydrogens is 624 g/mol. The number of nitrogens with zero attached hydrogens (tertiary/aromatic N) is 3. The summed E-state index contributed by atoms with van der Waals surface area (Å²) in [5, 5.41) is 2.77. The van der Waals surface area contributed by atoms with Gasteiger partial charge in [-0.3, -0.25) is 9.59 Å². The Balaban J connectivity index is 1.38. The third-order valence-corrected chi connectivity index (χ3v) is 8.61. The first-order chi connectivity index (χ1) is 23.2. The van der Waals surface area contributed by atoms with Crippen molar-refractivity contribution >= 4 is 35.3 Å². The van der Waals surface area contributed by atoms with Crippen LogP contribution in [0.3, 0.4) is 0 Å². The molecule has 0 spiro atoms. The summed E-state index contributed by atoms with van der Waals surface area (Å²) in [7, 11) is 4.44. The predicted molar refractivity (Wildman–Crippen MR) is 174 cm³/mol. The fourth-order valence-corrected chi connectivity index (χ4v) is 6.27. The van der Waals surface area contributed by atoms with Crippen LogP contribution in [0.2, 0.25) is 0 Å². The van der Waals surface area contributed by atoms with Crippen molar-refractivity contribution < 1.29 is 47.6 Å². The molecule has 0 aliphatic carbocycles. The Labute approximate surface area is 279 Å². The molecule has 14 heteroatoms. The number of nitrogens with one attached hydrogen (secondary N) is 1. The highest BCUT2D eigenvalue weighted by atomic mass is 16.7. The molecule has 2 fully saturated rings. The first kappa shape index (κ1) is 34.8. The normalized spacial score (nSPS) is 20.6. The Morgan fingerprint density at radius 2 is 1.90 bits per heavy atom. The van der Waals surface area contributed by atoms with Crippen LogP contribution in [0.4, 0.5) is 16.2 Å². The minimum Gasteiger partial charge on any atom is -0.493 e. The summed E-state index contributed by atoms with van der Waals surface area (Å²) in [4.78, 5) is 55.6. The van der Waals surface area contributed by atoms with Crippen molar-refractivity contribution in [2.45, 2.75) is 69.9 Å². The first-order valence-corrected chi connectivity index (χ1v) is 16.3. The van der Waals surface area contributed by atoms with Crippen LogP contribution in [0.1, 0.15) is 72.2 Å². The predicted octanol–water partition coefficient (Wildman–Crippen LogP) is 4.62. The molecule has 2 unspecified atom stereocenters. The van der Waals surface area contributed by atoms with E-state index in [1.807, 2.05) is 0 Å². The molecule has 2 saturated heterocycles. The fraction of sp³-hybridized carbons (Fsp3) is 0.529. The summed E-state index contributed by atoms with van der Waals surface area (Å²) in [5.74, 6) is -0.438. The van der Waals surface area contributed by atoms with Crippen LogP contribution < -0.4 is 19.7 Å². The van der Waals surface area contributed by atoms with Gasteiger partial charge in [0.25, 0.3) is 5.91 Å². The Bertz CT molecular complexity index is 1500. The molecule has 2 aromatic rings. The van der Waals surface area contributed by atoms with Crippen LogP contribution in [0.5, 0.6) is 11.5 Å². The van der Waals surface area contributed by atoms with Gasteiger partial charge in [-0.05, 0) is 57.1 Å². The Hall–Kier alpha value is -4.56. The van der Waals surface area contributed by atoms with Crippen molar-refractivity contribution in [1.82, 2.24) is 9.47 Å². The molecule has 4 heterocycles. The average molecular weight is 669 g/mol. The van der Waals surface area contributed by atoms with Gasteiger partial charge in [0.15, 0.2) is 24.0 Å². The van der Waals surface area contributed by atoms with E-state index in [2.05, 4.69) is 11.9 Å². The zero-order chi connectivity index (χ0) is 34.2. The summed E-state index contributed by atoms with van der Waals surface area (Å²) in [5.41, 5.74) is 1.30. The Kier molecular flexibility index (Phi) is 11.6. The molecule has 0 radical (unpaired) electrons. The highest BCUT2D eigenvalue weighted by molar-refractivity contribution is 6.06. The summed E-state index contributed by atoms with van der Waals surface area (Å²) in [6.07, 6.45) is 6.31. The molecule has 14 nitrogen and oxygen atoms in total. The van der Waals surface area contributed by atoms with E-state index >= 15 is 0 Å². The SMILES string of the molecule is C=CCOC(=O)N1c2cc(OCCCC(=O)Nc3cc(C(=O)OC)n(C)c3)c(OC)cc2C(=O)N2CCCC[C@H]2C1OC1CCCCO1. The minimum atomic E-state index is -0.876. The van der Waals surface area contributed by atoms with Crippen molar-refractivity contribution in [3.63, 3.8) is 0 Å². The summed E-state index contributed by atoms with van der Waals surface area (Å²) in [6, 6.07) is 4.28. The van der Waals surface area contributed by atoms with E-state index in [9.17, 15) is 19.2 Å². The standard InChI is InChI=1S/C34H44N4O10/c1-5-15-47-34(42)38-25-20-28(45-17-10-12-29(39)35-22-18-26(33(41)44-4)36(2)21-22)27(43-3)19-23(25)31(40)37-14-8-6-11-24(37)32(38)48-30-13-7-9-16-46-30/h5,18-21,24,30,32H,1,6-17H2,2-4H3,(H,35,39)/t24-,30?,32?/m0/s1. The number of ether oxygens (including phenoxy) is 6. The molecule has 3 aliphatic rings. The average Bonchev–Trinajstić information content (AvgIpc) is 3.43. The summed E-state index contributed by atoms with van der Waals surface area (Å²) in [6.45, 7) is 4.83. The highest BCUT2D eigenvalue weighted by Crippen LogP contribution is 2.42. The van der Waals surface area contributed by atoms with Gasteiger partial charge in [-0.25, -0.2) is 14.5 Å². The Morgan fingerprint density at radius 3 is 2.62 bits per heavy atom. The second kappa shape index (κ2) is 16.0. The third-order valence-electron chi connectivity index (χ3n) is 8.61. The molecule has 48 heavy (non-hydrogen) atoms. The van der Waals surface area contributed by atoms with Crippen LogP contribution >= 0.6 is 0 Å². The molecule has 0 bridgehead atoms. The number of esters is 1. The number of hydrogen-bond donors (Lipinski definition) is 1. The lowest BCUT2D eigenvalue weighted by Crippen LogP contribution is -2.57. The van der Waals surface area contributed by atoms with Crippen LogP contribution in [0.15, 0.2) is 37.1 Å². The van der Waals surface area contributed by atoms with Crippen LogP contribution in [-0.4, -0.2) is 92.5 Å². The molecule has 1 N–H and O–H groups in total. The van der Waals surface area contributed by atoms with Gasteiger partial charge in [0.2, 0.25) is 5.91 Å². The smallest absolute Gasteiger partial charge is 0.416 e. The van der Waals surface area contributed by atoms with Crippen molar-refractivity contribution in [1.29, 1.82) is 0 Å². The van der Waals surface area contributed by atoms with E-state index in [1.54, 1.807) is 34.8 Å². The van der Waals surface area contributed by atoms with Crippen LogP contribution in [-0.2, 0) is 30.8 Å². The number of hydrogen-bond acceptors (Lipinski definition) is 10. The number of aromatic nitrogens is 1. The number of piperidine rings is 1. The lowest BCUT2D eigenvalue weighted by Gasteiger charge is -2.42. The van der Waals surface area contributed by atoms with E-state index in [4.69, 9.17) is 28.4 Å². The van der Waals surface area contributed by atoms with Crippen LogP contribution in [0.25, 0.3) is 0 Å². The second-order valence-electron chi connectivity index (χ2n) is 11.9. The van der Waals surface area contributed by atoms with Gasteiger partial charge in [0.1, 0.15) is 12.3 Å². The maximum Gasteiger partial charge on any atom is 0.416 e. The number of amides is 3. The number of carbonyl (C=O) groups excluding carboxylic acids is 4. The van der Waals surface area contributed by atoms with E-state index in [0.717, 1.165) is 25.7 Å². The molecule has 0 saturated carbocycles. The molecule has 3 aliphatic heterocycles. The van der Waals surface area contributed by atoms with Crippen molar-refractivity contribution in [3.05, 3.63) is 48.3 Å². The summed E-state index contributed by atoms with van der Waals surface area (Å²) >= 11 is 0. The lowest BCUT2D eigenvalue weighted by atomic mass is 10.00. The number of aryl methyl sites for hydroxylation is 1. The highest BCUT2D eigenvalue weighted by Gasteiger charge is 2.46. The summed E-state index contributed by atoms with van der Waals surface area (Å²) < 4.78 is 36.1. The van der Waals surface area contributed by atoms with Crippen molar-refractivity contribution in [2.75, 3.05) is 50.8 Å². The van der Waals surface area contributed by atoms with Gasteiger partial charge >= 0.3 is 12.1 Å². The molecule has 5 rings (SSSR count). The molecule has 260 valence electrons. The maximum atomic E-state index is 14.1. The number of fused-ring (bicyclic) bond motifs is 2. The number of benzene rings is 1. The minimum absolute atomic E-state index is 0.0335. The molecule has 1 aromatic heterocycles. The monoisotopic (exact) mass is 668 g/mol.